The van der Waals surface area contributed by atoms with E-state index in [1.165, 1.54) is 0 Å². The Kier molecular flexibility index (Phi) is 5.73. The number of hydrogen-bond donors (Lipinski definition) is 1. The van der Waals surface area contributed by atoms with Crippen LogP contribution in [0.15, 0.2) is 18.2 Å². The van der Waals surface area contributed by atoms with E-state index >= 15 is 0 Å². The molecule has 0 bridgehead atoms. The van der Waals surface area contributed by atoms with Crippen LogP contribution in [0, 0.1) is 0 Å². The highest BCUT2D eigenvalue weighted by Gasteiger charge is 2.31. The highest BCUT2D eigenvalue weighted by Crippen LogP contribution is 2.29. The minimum absolute atomic E-state index is 0.00114. The number of likely N-dealkylation sites (N-methyl/N-ethyl adjacent to an activating group) is 1. The molecule has 2 rings (SSSR count). The second-order valence-electron chi connectivity index (χ2n) is 5.22. The molecule has 1 aliphatic rings. The molecule has 1 heterocycles. The summed E-state index contributed by atoms with van der Waals surface area (Å²) in [6.45, 7) is 3.34. The fourth-order valence-electron chi connectivity index (χ4n) is 2.62. The van der Waals surface area contributed by atoms with Gasteiger partial charge in [0.05, 0.1) is 5.02 Å². The molecular formula is C15H20Cl2N2O2. The fourth-order valence-corrected chi connectivity index (χ4v) is 3.07. The summed E-state index contributed by atoms with van der Waals surface area (Å²) >= 11 is 11.9. The predicted molar refractivity (Wildman–Crippen MR) is 85.2 cm³/mol. The van der Waals surface area contributed by atoms with Crippen LogP contribution in [0.3, 0.4) is 0 Å². The van der Waals surface area contributed by atoms with Gasteiger partial charge in [0.25, 0.3) is 5.91 Å². The standard InChI is InChI=1S/C15H20Cl2N2O2/c1-10(21-14-6-5-11(16)8-13(14)17)15(20)19-7-3-4-12(19)9-18-2/h5-6,8,10,12,18H,3-4,7,9H2,1-2H3. The third kappa shape index (κ3) is 4.02. The van der Waals surface area contributed by atoms with Crippen LogP contribution in [0.5, 0.6) is 5.75 Å². The fraction of sp³-hybridized carbons (Fsp3) is 0.533. The number of amides is 1. The molecule has 2 unspecified atom stereocenters. The van der Waals surface area contributed by atoms with Gasteiger partial charge >= 0.3 is 0 Å². The Labute approximate surface area is 135 Å². The number of ether oxygens (including phenoxy) is 1. The van der Waals surface area contributed by atoms with Gasteiger partial charge in [-0.05, 0) is 45.0 Å². The van der Waals surface area contributed by atoms with E-state index in [2.05, 4.69) is 5.32 Å². The van der Waals surface area contributed by atoms with E-state index in [0.29, 0.717) is 15.8 Å². The molecule has 116 valence electrons. The third-order valence-corrected chi connectivity index (χ3v) is 4.18. The van der Waals surface area contributed by atoms with Gasteiger partial charge in [-0.2, -0.15) is 0 Å². The zero-order valence-electron chi connectivity index (χ0n) is 12.2. The zero-order chi connectivity index (χ0) is 15.4. The van der Waals surface area contributed by atoms with Crippen molar-refractivity contribution in [3.8, 4) is 5.75 Å². The number of nitrogens with one attached hydrogen (secondary N) is 1. The van der Waals surface area contributed by atoms with Crippen LogP contribution in [0.25, 0.3) is 0 Å². The average molecular weight is 331 g/mol. The topological polar surface area (TPSA) is 41.6 Å². The lowest BCUT2D eigenvalue weighted by Crippen LogP contribution is -2.46. The van der Waals surface area contributed by atoms with Gasteiger partial charge in [-0.15, -0.1) is 0 Å². The number of benzene rings is 1. The SMILES string of the molecule is CNCC1CCCN1C(=O)C(C)Oc1ccc(Cl)cc1Cl. The monoisotopic (exact) mass is 330 g/mol. The van der Waals surface area contributed by atoms with Crippen molar-refractivity contribution in [1.29, 1.82) is 0 Å². The van der Waals surface area contributed by atoms with Crippen molar-refractivity contribution in [3.05, 3.63) is 28.2 Å². The van der Waals surface area contributed by atoms with E-state index in [0.717, 1.165) is 25.9 Å². The number of carbonyl (C=O) groups is 1. The Morgan fingerprint density at radius 1 is 1.52 bits per heavy atom. The van der Waals surface area contributed by atoms with Gasteiger partial charge in [-0.1, -0.05) is 23.2 Å². The molecule has 1 saturated heterocycles. The van der Waals surface area contributed by atoms with Crippen LogP contribution in [-0.4, -0.2) is 43.1 Å². The molecule has 21 heavy (non-hydrogen) atoms. The maximum Gasteiger partial charge on any atom is 0.263 e. The van der Waals surface area contributed by atoms with Crippen molar-refractivity contribution in [2.24, 2.45) is 0 Å². The van der Waals surface area contributed by atoms with Gasteiger partial charge in [0.1, 0.15) is 5.75 Å². The maximum atomic E-state index is 12.5. The quantitative estimate of drug-likeness (QED) is 0.902. The number of carbonyl (C=O) groups excluding carboxylic acids is 1. The van der Waals surface area contributed by atoms with Crippen LogP contribution in [0.1, 0.15) is 19.8 Å². The summed E-state index contributed by atoms with van der Waals surface area (Å²) in [6.07, 6.45) is 1.49. The van der Waals surface area contributed by atoms with Gasteiger partial charge in [-0.3, -0.25) is 4.79 Å². The van der Waals surface area contributed by atoms with Crippen molar-refractivity contribution in [1.82, 2.24) is 10.2 Å². The summed E-state index contributed by atoms with van der Waals surface area (Å²) in [5.41, 5.74) is 0. The van der Waals surface area contributed by atoms with Crippen LogP contribution >= 0.6 is 23.2 Å². The van der Waals surface area contributed by atoms with Crippen LogP contribution < -0.4 is 10.1 Å². The normalized spacial score (nSPS) is 19.6. The number of hydrogen-bond acceptors (Lipinski definition) is 3. The van der Waals surface area contributed by atoms with E-state index in [-0.39, 0.29) is 11.9 Å². The summed E-state index contributed by atoms with van der Waals surface area (Å²) < 4.78 is 5.70. The van der Waals surface area contributed by atoms with Crippen molar-refractivity contribution in [3.63, 3.8) is 0 Å². The van der Waals surface area contributed by atoms with Crippen molar-refractivity contribution in [2.45, 2.75) is 31.9 Å². The van der Waals surface area contributed by atoms with E-state index in [4.69, 9.17) is 27.9 Å². The Bertz CT molecular complexity index is 510. The maximum absolute atomic E-state index is 12.5. The minimum atomic E-state index is -0.568. The molecule has 1 aromatic rings. The Morgan fingerprint density at radius 3 is 2.95 bits per heavy atom. The molecule has 6 heteroatoms. The third-order valence-electron chi connectivity index (χ3n) is 3.65. The summed E-state index contributed by atoms with van der Waals surface area (Å²) in [7, 11) is 1.90. The summed E-state index contributed by atoms with van der Waals surface area (Å²) in [5, 5.41) is 4.08. The molecule has 0 aromatic heterocycles. The summed E-state index contributed by atoms with van der Waals surface area (Å²) in [4.78, 5) is 14.4. The second kappa shape index (κ2) is 7.34. The molecule has 0 radical (unpaired) electrons. The van der Waals surface area contributed by atoms with Crippen LogP contribution in [-0.2, 0) is 4.79 Å². The number of nitrogens with zero attached hydrogens (tertiary/aromatic N) is 1. The van der Waals surface area contributed by atoms with Crippen molar-refractivity contribution in [2.75, 3.05) is 20.1 Å². The van der Waals surface area contributed by atoms with E-state index in [1.807, 2.05) is 11.9 Å². The van der Waals surface area contributed by atoms with E-state index in [9.17, 15) is 4.79 Å². The highest BCUT2D eigenvalue weighted by molar-refractivity contribution is 6.35. The number of halogens is 2. The van der Waals surface area contributed by atoms with Gasteiger partial charge < -0.3 is 15.0 Å². The molecule has 1 aromatic carbocycles. The first-order chi connectivity index (χ1) is 10.0. The molecule has 1 amide bonds. The molecule has 0 saturated carbocycles. The lowest BCUT2D eigenvalue weighted by molar-refractivity contribution is -0.138. The smallest absolute Gasteiger partial charge is 0.263 e. The second-order valence-corrected chi connectivity index (χ2v) is 6.06. The number of likely N-dealkylation sites (tertiary alicyclic amines) is 1. The summed E-state index contributed by atoms with van der Waals surface area (Å²) in [6, 6.07) is 5.23. The van der Waals surface area contributed by atoms with E-state index < -0.39 is 6.10 Å². The van der Waals surface area contributed by atoms with Gasteiger partial charge in [-0.25, -0.2) is 0 Å². The van der Waals surface area contributed by atoms with Gasteiger partial charge in [0.2, 0.25) is 0 Å². The van der Waals surface area contributed by atoms with Gasteiger partial charge in [0, 0.05) is 24.2 Å². The largest absolute Gasteiger partial charge is 0.479 e. The van der Waals surface area contributed by atoms with Crippen LogP contribution in [0.4, 0.5) is 0 Å². The molecule has 1 fully saturated rings. The lowest BCUT2D eigenvalue weighted by atomic mass is 10.2. The molecular weight excluding hydrogens is 311 g/mol. The van der Waals surface area contributed by atoms with Crippen molar-refractivity contribution >= 4 is 29.1 Å². The number of rotatable bonds is 5. The Hall–Kier alpha value is -0.970. The predicted octanol–water partition coefficient (Wildman–Crippen LogP) is 2.97. The molecule has 0 spiro atoms. The Balaban J connectivity index is 2.02. The lowest BCUT2D eigenvalue weighted by Gasteiger charge is -2.27. The first kappa shape index (κ1) is 16.4. The highest BCUT2D eigenvalue weighted by atomic mass is 35.5. The molecule has 4 nitrogen and oxygen atoms in total. The summed E-state index contributed by atoms with van der Waals surface area (Å²) in [5.74, 6) is 0.477. The zero-order valence-corrected chi connectivity index (χ0v) is 13.7. The van der Waals surface area contributed by atoms with Crippen LogP contribution in [0.2, 0.25) is 10.0 Å². The molecule has 2 atom stereocenters. The van der Waals surface area contributed by atoms with Gasteiger partial charge in [0.15, 0.2) is 6.10 Å². The van der Waals surface area contributed by atoms with Crippen molar-refractivity contribution < 1.29 is 9.53 Å². The Morgan fingerprint density at radius 2 is 2.29 bits per heavy atom. The molecule has 0 aliphatic carbocycles. The minimum Gasteiger partial charge on any atom is -0.479 e. The first-order valence-electron chi connectivity index (χ1n) is 7.09. The molecule has 1 aliphatic heterocycles. The van der Waals surface area contributed by atoms with E-state index in [1.54, 1.807) is 25.1 Å². The molecule has 1 N–H and O–H groups in total. The first-order valence-corrected chi connectivity index (χ1v) is 7.85. The average Bonchev–Trinajstić information content (AvgIpc) is 2.89.